The van der Waals surface area contributed by atoms with Crippen molar-refractivity contribution >= 4 is 0 Å². The van der Waals surface area contributed by atoms with E-state index < -0.39 is 0 Å². The van der Waals surface area contributed by atoms with E-state index in [0.29, 0.717) is 6.04 Å². The smallest absolute Gasteiger partial charge is 0.0335 e. The number of rotatable bonds is 7. The summed E-state index contributed by atoms with van der Waals surface area (Å²) in [7, 11) is 4.34. The van der Waals surface area contributed by atoms with E-state index in [4.69, 9.17) is 5.73 Å². The van der Waals surface area contributed by atoms with Gasteiger partial charge >= 0.3 is 0 Å². The molecule has 0 bridgehead atoms. The minimum absolute atomic E-state index is 0.230. The van der Waals surface area contributed by atoms with E-state index in [1.54, 1.807) is 0 Å². The Bertz CT molecular complexity index is 290. The van der Waals surface area contributed by atoms with E-state index in [1.807, 2.05) is 0 Å². The molecule has 0 aromatic rings. The van der Waals surface area contributed by atoms with E-state index in [2.05, 4.69) is 51.6 Å². The van der Waals surface area contributed by atoms with Crippen molar-refractivity contribution < 1.29 is 0 Å². The summed E-state index contributed by atoms with van der Waals surface area (Å²) < 4.78 is 0. The van der Waals surface area contributed by atoms with Gasteiger partial charge in [-0.2, -0.15) is 0 Å². The van der Waals surface area contributed by atoms with Crippen molar-refractivity contribution in [1.29, 1.82) is 0 Å². The lowest BCUT2D eigenvalue weighted by Crippen LogP contribution is -2.58. The van der Waals surface area contributed by atoms with Crippen molar-refractivity contribution in [3.05, 3.63) is 0 Å². The largest absolute Gasteiger partial charge is 0.329 e. The average Bonchev–Trinajstić information content (AvgIpc) is 2.62. The predicted octanol–water partition coefficient (Wildman–Crippen LogP) is 3.19. The standard InChI is InChI=1S/C18H39N3/c1-7-21(16(4)13-20(5)6)18(14-19)11-8-9-17(10-12-18)15(2)3/h15-17H,7-14,19H2,1-6H3. The molecule has 0 radical (unpaired) electrons. The maximum atomic E-state index is 6.32. The topological polar surface area (TPSA) is 32.5 Å². The molecule has 3 heteroatoms. The lowest BCUT2D eigenvalue weighted by Gasteiger charge is -2.47. The Morgan fingerprint density at radius 2 is 1.81 bits per heavy atom. The van der Waals surface area contributed by atoms with Gasteiger partial charge in [0.25, 0.3) is 0 Å². The summed E-state index contributed by atoms with van der Waals surface area (Å²) in [5.41, 5.74) is 6.55. The molecule has 0 aromatic heterocycles. The molecular weight excluding hydrogens is 258 g/mol. The molecule has 126 valence electrons. The number of likely N-dealkylation sites (N-methyl/N-ethyl adjacent to an activating group) is 2. The quantitative estimate of drug-likeness (QED) is 0.733. The molecule has 0 saturated heterocycles. The highest BCUT2D eigenvalue weighted by Crippen LogP contribution is 2.37. The maximum absolute atomic E-state index is 6.32. The molecule has 3 unspecified atom stereocenters. The summed E-state index contributed by atoms with van der Waals surface area (Å²) in [6.07, 6.45) is 6.63. The van der Waals surface area contributed by atoms with Crippen LogP contribution in [0.4, 0.5) is 0 Å². The number of hydrogen-bond donors (Lipinski definition) is 1. The van der Waals surface area contributed by atoms with Crippen LogP contribution in [0.25, 0.3) is 0 Å². The minimum atomic E-state index is 0.230. The second-order valence-electron chi connectivity index (χ2n) is 7.76. The Morgan fingerprint density at radius 1 is 1.14 bits per heavy atom. The van der Waals surface area contributed by atoms with Gasteiger partial charge in [0.15, 0.2) is 0 Å². The normalized spacial score (nSPS) is 29.1. The first-order valence-corrected chi connectivity index (χ1v) is 8.97. The number of nitrogens with zero attached hydrogens (tertiary/aromatic N) is 2. The van der Waals surface area contributed by atoms with Gasteiger partial charge in [0.2, 0.25) is 0 Å². The van der Waals surface area contributed by atoms with Crippen LogP contribution in [-0.2, 0) is 0 Å². The Balaban J connectivity index is 2.85. The third-order valence-corrected chi connectivity index (χ3v) is 5.63. The molecule has 1 rings (SSSR count). The van der Waals surface area contributed by atoms with Crippen LogP contribution in [0.15, 0.2) is 0 Å². The van der Waals surface area contributed by atoms with Crippen molar-refractivity contribution in [3.8, 4) is 0 Å². The van der Waals surface area contributed by atoms with Crippen LogP contribution in [0, 0.1) is 11.8 Å². The maximum Gasteiger partial charge on any atom is 0.0335 e. The molecule has 3 atom stereocenters. The Morgan fingerprint density at radius 3 is 2.29 bits per heavy atom. The van der Waals surface area contributed by atoms with Crippen LogP contribution < -0.4 is 5.73 Å². The van der Waals surface area contributed by atoms with Gasteiger partial charge < -0.3 is 10.6 Å². The Kier molecular flexibility index (Phi) is 7.66. The van der Waals surface area contributed by atoms with E-state index >= 15 is 0 Å². The van der Waals surface area contributed by atoms with Gasteiger partial charge in [0.1, 0.15) is 0 Å². The van der Waals surface area contributed by atoms with Gasteiger partial charge in [-0.25, -0.2) is 0 Å². The molecule has 0 aliphatic heterocycles. The molecule has 2 N–H and O–H groups in total. The molecule has 21 heavy (non-hydrogen) atoms. The molecular formula is C18H39N3. The van der Waals surface area contributed by atoms with Gasteiger partial charge in [-0.1, -0.05) is 33.6 Å². The predicted molar refractivity (Wildman–Crippen MR) is 93.6 cm³/mol. The van der Waals surface area contributed by atoms with Crippen LogP contribution in [0.2, 0.25) is 0 Å². The second kappa shape index (κ2) is 8.50. The van der Waals surface area contributed by atoms with Crippen LogP contribution in [0.1, 0.15) is 59.8 Å². The minimum Gasteiger partial charge on any atom is -0.329 e. The molecule has 1 fully saturated rings. The van der Waals surface area contributed by atoms with E-state index in [9.17, 15) is 0 Å². The third-order valence-electron chi connectivity index (χ3n) is 5.63. The van der Waals surface area contributed by atoms with Crippen LogP contribution in [0.5, 0.6) is 0 Å². The zero-order valence-electron chi connectivity index (χ0n) is 15.4. The summed E-state index contributed by atoms with van der Waals surface area (Å²) in [5.74, 6) is 1.70. The Hall–Kier alpha value is -0.120. The van der Waals surface area contributed by atoms with Crippen molar-refractivity contribution in [3.63, 3.8) is 0 Å². The highest BCUT2D eigenvalue weighted by molar-refractivity contribution is 4.96. The van der Waals surface area contributed by atoms with Gasteiger partial charge in [-0.3, -0.25) is 4.90 Å². The molecule has 1 aliphatic rings. The summed E-state index contributed by atoms with van der Waals surface area (Å²) in [6, 6.07) is 0.573. The highest BCUT2D eigenvalue weighted by Gasteiger charge is 2.39. The van der Waals surface area contributed by atoms with E-state index in [-0.39, 0.29) is 5.54 Å². The Labute approximate surface area is 133 Å². The first-order valence-electron chi connectivity index (χ1n) is 8.97. The van der Waals surface area contributed by atoms with Crippen molar-refractivity contribution in [2.45, 2.75) is 71.4 Å². The first-order chi connectivity index (χ1) is 9.86. The van der Waals surface area contributed by atoms with Crippen molar-refractivity contribution in [1.82, 2.24) is 9.80 Å². The monoisotopic (exact) mass is 297 g/mol. The molecule has 3 nitrogen and oxygen atoms in total. The molecule has 0 spiro atoms. The van der Waals surface area contributed by atoms with Gasteiger partial charge in [0, 0.05) is 24.7 Å². The van der Waals surface area contributed by atoms with E-state index in [0.717, 1.165) is 31.5 Å². The highest BCUT2D eigenvalue weighted by atomic mass is 15.3. The fourth-order valence-electron chi connectivity index (χ4n) is 4.43. The van der Waals surface area contributed by atoms with Crippen LogP contribution >= 0.6 is 0 Å². The molecule has 0 aromatic carbocycles. The molecule has 1 aliphatic carbocycles. The fourth-order valence-corrected chi connectivity index (χ4v) is 4.43. The summed E-state index contributed by atoms with van der Waals surface area (Å²) in [6.45, 7) is 12.5. The summed E-state index contributed by atoms with van der Waals surface area (Å²) >= 11 is 0. The summed E-state index contributed by atoms with van der Waals surface area (Å²) in [4.78, 5) is 5.00. The van der Waals surface area contributed by atoms with Gasteiger partial charge in [0.05, 0.1) is 0 Å². The average molecular weight is 298 g/mol. The lowest BCUT2D eigenvalue weighted by molar-refractivity contribution is 0.0351. The second-order valence-corrected chi connectivity index (χ2v) is 7.76. The van der Waals surface area contributed by atoms with Crippen LogP contribution in [-0.4, -0.2) is 55.1 Å². The molecule has 0 heterocycles. The SMILES string of the molecule is CCN(C(C)CN(C)C)C1(CN)CCCC(C(C)C)CC1. The van der Waals surface area contributed by atoms with Crippen molar-refractivity contribution in [2.75, 3.05) is 33.7 Å². The zero-order valence-corrected chi connectivity index (χ0v) is 15.4. The third kappa shape index (κ3) is 4.94. The van der Waals surface area contributed by atoms with Crippen molar-refractivity contribution in [2.24, 2.45) is 17.6 Å². The fraction of sp³-hybridized carbons (Fsp3) is 1.00. The van der Waals surface area contributed by atoms with Gasteiger partial charge in [-0.05, 0) is 58.7 Å². The van der Waals surface area contributed by atoms with Crippen LogP contribution in [0.3, 0.4) is 0 Å². The molecule has 1 saturated carbocycles. The summed E-state index contributed by atoms with van der Waals surface area (Å²) in [5, 5.41) is 0. The van der Waals surface area contributed by atoms with Gasteiger partial charge in [-0.15, -0.1) is 0 Å². The lowest BCUT2D eigenvalue weighted by atomic mass is 9.84. The first kappa shape index (κ1) is 18.9. The zero-order chi connectivity index (χ0) is 16.0. The number of hydrogen-bond acceptors (Lipinski definition) is 3. The van der Waals surface area contributed by atoms with E-state index in [1.165, 1.54) is 32.1 Å². The molecule has 0 amide bonds. The number of nitrogens with two attached hydrogens (primary N) is 1.